The van der Waals surface area contributed by atoms with E-state index in [0.29, 0.717) is 31.1 Å². The summed E-state index contributed by atoms with van der Waals surface area (Å²) in [5, 5.41) is 3.81. The summed E-state index contributed by atoms with van der Waals surface area (Å²) >= 11 is 6.03. The second-order valence-electron chi connectivity index (χ2n) is 9.25. The van der Waals surface area contributed by atoms with Gasteiger partial charge in [0.1, 0.15) is 0 Å². The zero-order valence-electron chi connectivity index (χ0n) is 20.1. The Morgan fingerprint density at radius 1 is 1.09 bits per heavy atom. The summed E-state index contributed by atoms with van der Waals surface area (Å²) in [5.74, 6) is -0.324. The van der Waals surface area contributed by atoms with Gasteiger partial charge in [0.05, 0.1) is 19.2 Å². The number of benzene rings is 2. The predicted molar refractivity (Wildman–Crippen MR) is 134 cm³/mol. The molecule has 0 unspecified atom stereocenters. The first kappa shape index (κ1) is 24.7. The highest BCUT2D eigenvalue weighted by atomic mass is 35.5. The molecule has 182 valence electrons. The third kappa shape index (κ3) is 5.29. The second-order valence-corrected chi connectivity index (χ2v) is 9.69. The lowest BCUT2D eigenvalue weighted by Crippen LogP contribution is -2.58. The predicted octanol–water partition coefficient (Wildman–Crippen LogP) is 3.41. The lowest BCUT2D eigenvalue weighted by molar-refractivity contribution is -0.142. The zero-order chi connectivity index (χ0) is 24.1. The highest BCUT2D eigenvalue weighted by molar-refractivity contribution is 6.30. The third-order valence-electron chi connectivity index (χ3n) is 7.32. The molecular weight excluding hydrogens is 450 g/mol. The first-order valence-corrected chi connectivity index (χ1v) is 12.5. The number of hydrogen-bond donors (Lipinski definition) is 1. The monoisotopic (exact) mass is 483 g/mol. The number of piperidine rings is 1. The normalized spacial score (nSPS) is 18.4. The number of fused-ring (bicyclic) bond motifs is 2. The van der Waals surface area contributed by atoms with Gasteiger partial charge in [-0.15, -0.1) is 0 Å². The first-order chi connectivity index (χ1) is 16.4. The maximum absolute atomic E-state index is 13.6. The van der Waals surface area contributed by atoms with E-state index in [0.717, 1.165) is 31.4 Å². The van der Waals surface area contributed by atoms with Gasteiger partial charge in [0.25, 0.3) is 0 Å². The van der Waals surface area contributed by atoms with Crippen LogP contribution in [0.3, 0.4) is 0 Å². The van der Waals surface area contributed by atoms with Gasteiger partial charge in [-0.25, -0.2) is 0 Å². The Balaban J connectivity index is 1.47. The average Bonchev–Trinajstić information content (AvgIpc) is 2.86. The van der Waals surface area contributed by atoms with Gasteiger partial charge in [-0.05, 0) is 68.5 Å². The molecule has 2 heterocycles. The molecule has 2 aromatic rings. The van der Waals surface area contributed by atoms with Crippen molar-refractivity contribution >= 4 is 23.5 Å². The quantitative estimate of drug-likeness (QED) is 0.611. The van der Waals surface area contributed by atoms with Crippen molar-refractivity contribution in [2.24, 2.45) is 0 Å². The van der Waals surface area contributed by atoms with Gasteiger partial charge < -0.3 is 9.64 Å². The molecule has 0 saturated carbocycles. The van der Waals surface area contributed by atoms with Gasteiger partial charge in [-0.2, -0.15) is 0 Å². The van der Waals surface area contributed by atoms with E-state index >= 15 is 0 Å². The van der Waals surface area contributed by atoms with Crippen molar-refractivity contribution in [1.82, 2.24) is 15.1 Å². The van der Waals surface area contributed by atoms with E-state index in [2.05, 4.69) is 41.5 Å². The van der Waals surface area contributed by atoms with E-state index in [-0.39, 0.29) is 24.0 Å². The maximum atomic E-state index is 13.6. The molecule has 1 N–H and O–H groups in total. The standard InChI is InChI=1S/C27H34ClN3O3/c1-3-34-25(32)19-29-24(18-20-8-10-22(28)11-9-20)26(33)31-16-13-27(14-17-31)23-7-5-4-6-21(23)12-15-30(27)2/h4-11,24,29H,3,12-19H2,1-2H3/t24-/m1/s1. The Hall–Kier alpha value is -2.41. The van der Waals surface area contributed by atoms with Gasteiger partial charge in [0.15, 0.2) is 0 Å². The molecule has 1 fully saturated rings. The van der Waals surface area contributed by atoms with Gasteiger partial charge >= 0.3 is 5.97 Å². The Morgan fingerprint density at radius 3 is 2.50 bits per heavy atom. The fourth-order valence-electron chi connectivity index (χ4n) is 5.39. The molecule has 7 heteroatoms. The Bertz CT molecular complexity index is 1000. The molecule has 1 spiro atoms. The average molecular weight is 484 g/mol. The molecule has 2 aromatic carbocycles. The van der Waals surface area contributed by atoms with Crippen LogP contribution in [-0.2, 0) is 32.7 Å². The number of hydrogen-bond acceptors (Lipinski definition) is 5. The van der Waals surface area contributed by atoms with E-state index < -0.39 is 6.04 Å². The summed E-state index contributed by atoms with van der Waals surface area (Å²) in [6.07, 6.45) is 3.35. The van der Waals surface area contributed by atoms with Crippen molar-refractivity contribution < 1.29 is 14.3 Å². The van der Waals surface area contributed by atoms with Gasteiger partial charge in [-0.3, -0.25) is 19.8 Å². The fourth-order valence-corrected chi connectivity index (χ4v) is 5.52. The highest BCUT2D eigenvalue weighted by Gasteiger charge is 2.44. The lowest BCUT2D eigenvalue weighted by atomic mass is 9.74. The number of halogens is 1. The maximum Gasteiger partial charge on any atom is 0.319 e. The van der Waals surface area contributed by atoms with Crippen molar-refractivity contribution in [3.63, 3.8) is 0 Å². The topological polar surface area (TPSA) is 61.9 Å². The minimum atomic E-state index is -0.504. The number of likely N-dealkylation sites (N-methyl/N-ethyl adjacent to an activating group) is 1. The summed E-state index contributed by atoms with van der Waals surface area (Å²) in [6.45, 7) is 4.51. The van der Waals surface area contributed by atoms with Gasteiger partial charge in [-0.1, -0.05) is 48.0 Å². The van der Waals surface area contributed by atoms with Crippen molar-refractivity contribution in [1.29, 1.82) is 0 Å². The van der Waals surface area contributed by atoms with Crippen LogP contribution in [0, 0.1) is 0 Å². The number of rotatable bonds is 7. The molecule has 0 aliphatic carbocycles. The summed E-state index contributed by atoms with van der Waals surface area (Å²) < 4.78 is 5.05. The number of amides is 1. The first-order valence-electron chi connectivity index (χ1n) is 12.1. The lowest BCUT2D eigenvalue weighted by Gasteiger charge is -2.51. The van der Waals surface area contributed by atoms with Gasteiger partial charge in [0.2, 0.25) is 5.91 Å². The summed E-state index contributed by atoms with van der Waals surface area (Å²) in [6, 6.07) is 15.7. The van der Waals surface area contributed by atoms with Crippen LogP contribution >= 0.6 is 11.6 Å². The van der Waals surface area contributed by atoms with Crippen LogP contribution < -0.4 is 5.32 Å². The van der Waals surface area contributed by atoms with Crippen LogP contribution in [0.4, 0.5) is 0 Å². The molecule has 1 atom stereocenters. The SMILES string of the molecule is CCOC(=O)CN[C@H](Cc1ccc(Cl)cc1)C(=O)N1CCC2(CC1)c1ccccc1CCN2C. The van der Waals surface area contributed by atoms with E-state index in [1.807, 2.05) is 29.2 Å². The van der Waals surface area contributed by atoms with E-state index in [9.17, 15) is 9.59 Å². The fraction of sp³-hybridized carbons (Fsp3) is 0.481. The molecule has 6 nitrogen and oxygen atoms in total. The van der Waals surface area contributed by atoms with Crippen LogP contribution in [-0.4, -0.2) is 67.6 Å². The van der Waals surface area contributed by atoms with Crippen LogP contribution in [0.1, 0.15) is 36.5 Å². The van der Waals surface area contributed by atoms with Crippen molar-refractivity contribution in [3.8, 4) is 0 Å². The molecule has 1 saturated heterocycles. The van der Waals surface area contributed by atoms with Gasteiger partial charge in [0, 0.05) is 30.2 Å². The number of nitrogens with one attached hydrogen (secondary N) is 1. The van der Waals surface area contributed by atoms with E-state index in [1.165, 1.54) is 11.1 Å². The largest absolute Gasteiger partial charge is 0.465 e. The zero-order valence-corrected chi connectivity index (χ0v) is 20.8. The van der Waals surface area contributed by atoms with Crippen LogP contribution in [0.2, 0.25) is 5.02 Å². The third-order valence-corrected chi connectivity index (χ3v) is 7.57. The molecule has 2 aliphatic heterocycles. The number of nitrogens with zero attached hydrogens (tertiary/aromatic N) is 2. The molecule has 4 rings (SSSR count). The Morgan fingerprint density at radius 2 is 1.79 bits per heavy atom. The minimum Gasteiger partial charge on any atom is -0.465 e. The highest BCUT2D eigenvalue weighted by Crippen LogP contribution is 2.42. The second kappa shape index (κ2) is 10.9. The molecule has 0 bridgehead atoms. The molecular formula is C27H34ClN3O3. The number of esters is 1. The summed E-state index contributed by atoms with van der Waals surface area (Å²) in [7, 11) is 2.21. The molecule has 2 aliphatic rings. The minimum absolute atomic E-state index is 0.00568. The Labute approximate surface area is 207 Å². The van der Waals surface area contributed by atoms with E-state index in [1.54, 1.807) is 6.92 Å². The van der Waals surface area contributed by atoms with Crippen molar-refractivity contribution in [3.05, 3.63) is 70.2 Å². The number of likely N-dealkylation sites (tertiary alicyclic amines) is 1. The molecule has 1 amide bonds. The number of carbonyl (C=O) groups excluding carboxylic acids is 2. The smallest absolute Gasteiger partial charge is 0.319 e. The van der Waals surface area contributed by atoms with Crippen molar-refractivity contribution in [2.45, 2.75) is 44.2 Å². The van der Waals surface area contributed by atoms with Crippen LogP contribution in [0.25, 0.3) is 0 Å². The number of carbonyl (C=O) groups is 2. The van der Waals surface area contributed by atoms with E-state index in [4.69, 9.17) is 16.3 Å². The number of ether oxygens (including phenoxy) is 1. The van der Waals surface area contributed by atoms with Crippen LogP contribution in [0.15, 0.2) is 48.5 Å². The van der Waals surface area contributed by atoms with Crippen molar-refractivity contribution in [2.75, 3.05) is 39.8 Å². The summed E-state index contributed by atoms with van der Waals surface area (Å²) in [4.78, 5) is 30.0. The van der Waals surface area contributed by atoms with Crippen LogP contribution in [0.5, 0.6) is 0 Å². The molecule has 0 aromatic heterocycles. The summed E-state index contributed by atoms with van der Waals surface area (Å²) in [5.41, 5.74) is 3.81. The molecule has 0 radical (unpaired) electrons. The Kier molecular flexibility index (Phi) is 7.91. The molecule has 34 heavy (non-hydrogen) atoms.